The molecule has 2 aromatic rings. The number of thiophene rings is 1. The van der Waals surface area contributed by atoms with Crippen molar-refractivity contribution in [1.82, 2.24) is 19.7 Å². The Morgan fingerprint density at radius 2 is 2.15 bits per heavy atom. The van der Waals surface area contributed by atoms with Crippen LogP contribution in [0.3, 0.4) is 0 Å². The monoisotopic (exact) mass is 404 g/mol. The van der Waals surface area contributed by atoms with Gasteiger partial charge in [0.05, 0.1) is 10.6 Å². The molecule has 2 heterocycles. The molecule has 0 bridgehead atoms. The zero-order chi connectivity index (χ0) is 19.0. The Morgan fingerprint density at radius 1 is 1.33 bits per heavy atom. The van der Waals surface area contributed by atoms with Crippen LogP contribution in [0.4, 0.5) is 0 Å². The quantitative estimate of drug-likeness (QED) is 0.650. The van der Waals surface area contributed by atoms with Crippen molar-refractivity contribution in [2.45, 2.75) is 63.6 Å². The van der Waals surface area contributed by atoms with Crippen LogP contribution >= 0.6 is 23.1 Å². The van der Waals surface area contributed by atoms with Crippen LogP contribution < -0.4 is 0 Å². The molecule has 0 aromatic carbocycles. The molecule has 0 saturated heterocycles. The van der Waals surface area contributed by atoms with Crippen LogP contribution in [0.2, 0.25) is 0 Å². The molecule has 0 N–H and O–H groups in total. The molecule has 1 amide bonds. The van der Waals surface area contributed by atoms with E-state index in [4.69, 9.17) is 0 Å². The molecule has 1 atom stereocenters. The van der Waals surface area contributed by atoms with E-state index in [0.717, 1.165) is 36.3 Å². The standard InChI is InChI=1S/C20H28N4OS2/c1-4-13-6-9-16-14(10-13)11-17(27-16)19-21-22-20(23(19)3)26-12-18(25)24(5-2)15-7-8-15/h11,13,15H,4-10,12H2,1-3H3. The van der Waals surface area contributed by atoms with Crippen molar-refractivity contribution >= 4 is 29.0 Å². The summed E-state index contributed by atoms with van der Waals surface area (Å²) < 4.78 is 2.04. The normalized spacial score (nSPS) is 19.1. The zero-order valence-electron chi connectivity index (χ0n) is 16.4. The summed E-state index contributed by atoms with van der Waals surface area (Å²) in [6.45, 7) is 5.15. The number of carbonyl (C=O) groups excluding carboxylic acids is 1. The predicted molar refractivity (Wildman–Crippen MR) is 111 cm³/mol. The van der Waals surface area contributed by atoms with E-state index in [0.29, 0.717) is 11.8 Å². The average Bonchev–Trinajstić information content (AvgIpc) is 3.31. The third kappa shape index (κ3) is 3.94. The lowest BCUT2D eigenvalue weighted by molar-refractivity contribution is -0.128. The minimum Gasteiger partial charge on any atom is -0.339 e. The molecule has 27 heavy (non-hydrogen) atoms. The van der Waals surface area contributed by atoms with Gasteiger partial charge in [-0.2, -0.15) is 0 Å². The first-order valence-electron chi connectivity index (χ1n) is 10.0. The number of hydrogen-bond acceptors (Lipinski definition) is 5. The van der Waals surface area contributed by atoms with Gasteiger partial charge in [0.15, 0.2) is 11.0 Å². The summed E-state index contributed by atoms with van der Waals surface area (Å²) in [4.78, 5) is 17.2. The van der Waals surface area contributed by atoms with E-state index in [1.807, 2.05) is 27.9 Å². The summed E-state index contributed by atoms with van der Waals surface area (Å²) in [6, 6.07) is 2.79. The molecule has 2 aliphatic rings. The van der Waals surface area contributed by atoms with E-state index in [-0.39, 0.29) is 5.91 Å². The maximum Gasteiger partial charge on any atom is 0.233 e. The Hall–Kier alpha value is -1.34. The summed E-state index contributed by atoms with van der Waals surface area (Å²) in [5.41, 5.74) is 1.50. The Morgan fingerprint density at radius 3 is 2.85 bits per heavy atom. The number of rotatable bonds is 7. The van der Waals surface area contributed by atoms with Crippen molar-refractivity contribution in [2.75, 3.05) is 12.3 Å². The number of hydrogen-bond donors (Lipinski definition) is 0. The Bertz CT molecular complexity index is 824. The molecule has 1 saturated carbocycles. The van der Waals surface area contributed by atoms with Crippen LogP contribution in [0.25, 0.3) is 10.7 Å². The second-order valence-electron chi connectivity index (χ2n) is 7.64. The lowest BCUT2D eigenvalue weighted by Crippen LogP contribution is -2.34. The number of thioether (sulfide) groups is 1. The molecule has 2 aromatic heterocycles. The van der Waals surface area contributed by atoms with E-state index in [1.54, 1.807) is 0 Å². The largest absolute Gasteiger partial charge is 0.339 e. The maximum atomic E-state index is 12.5. The topological polar surface area (TPSA) is 51.0 Å². The first-order chi connectivity index (χ1) is 13.1. The Labute approximate surface area is 169 Å². The summed E-state index contributed by atoms with van der Waals surface area (Å²) in [6.07, 6.45) is 7.27. The Balaban J connectivity index is 1.45. The van der Waals surface area contributed by atoms with Gasteiger partial charge in [-0.05, 0) is 56.6 Å². The lowest BCUT2D eigenvalue weighted by Gasteiger charge is -2.19. The highest BCUT2D eigenvalue weighted by atomic mass is 32.2. The van der Waals surface area contributed by atoms with Gasteiger partial charge in [0.2, 0.25) is 5.91 Å². The highest BCUT2D eigenvalue weighted by molar-refractivity contribution is 7.99. The molecular formula is C20H28N4OS2. The zero-order valence-corrected chi connectivity index (χ0v) is 18.0. The first kappa shape index (κ1) is 19.0. The minimum absolute atomic E-state index is 0.215. The van der Waals surface area contributed by atoms with Crippen molar-refractivity contribution in [3.8, 4) is 10.7 Å². The molecule has 0 spiro atoms. The summed E-state index contributed by atoms with van der Waals surface area (Å²) >= 11 is 3.37. The fraction of sp³-hybridized carbons (Fsp3) is 0.650. The molecule has 0 radical (unpaired) electrons. The first-order valence-corrected chi connectivity index (χ1v) is 11.8. The second kappa shape index (κ2) is 7.95. The van der Waals surface area contributed by atoms with Crippen molar-refractivity contribution in [1.29, 1.82) is 0 Å². The van der Waals surface area contributed by atoms with Crippen molar-refractivity contribution in [3.63, 3.8) is 0 Å². The number of aromatic nitrogens is 3. The van der Waals surface area contributed by atoms with Crippen molar-refractivity contribution < 1.29 is 4.79 Å². The molecule has 146 valence electrons. The van der Waals surface area contributed by atoms with Crippen LogP contribution in [-0.4, -0.2) is 43.9 Å². The van der Waals surface area contributed by atoms with Crippen molar-refractivity contribution in [2.24, 2.45) is 13.0 Å². The number of aryl methyl sites for hydroxylation is 1. The molecule has 1 unspecified atom stereocenters. The van der Waals surface area contributed by atoms with Crippen LogP contribution in [0.15, 0.2) is 11.2 Å². The van der Waals surface area contributed by atoms with Crippen LogP contribution in [0.5, 0.6) is 0 Å². The molecule has 5 nitrogen and oxygen atoms in total. The summed E-state index contributed by atoms with van der Waals surface area (Å²) in [7, 11) is 2.01. The van der Waals surface area contributed by atoms with Gasteiger partial charge in [-0.25, -0.2) is 0 Å². The SMILES string of the molecule is CCC1CCc2sc(-c3nnc(SCC(=O)N(CC)C4CC4)n3C)cc2C1. The van der Waals surface area contributed by atoms with Gasteiger partial charge in [0.1, 0.15) is 0 Å². The fourth-order valence-corrected chi connectivity index (χ4v) is 5.97. The number of carbonyl (C=O) groups is 1. The predicted octanol–water partition coefficient (Wildman–Crippen LogP) is 4.16. The van der Waals surface area contributed by atoms with E-state index < -0.39 is 0 Å². The highest BCUT2D eigenvalue weighted by Crippen LogP contribution is 2.38. The Kier molecular flexibility index (Phi) is 5.60. The number of fused-ring (bicyclic) bond motifs is 1. The third-order valence-corrected chi connectivity index (χ3v) is 8.03. The third-order valence-electron chi connectivity index (χ3n) is 5.79. The highest BCUT2D eigenvalue weighted by Gasteiger charge is 2.31. The molecular weight excluding hydrogens is 376 g/mol. The van der Waals surface area contributed by atoms with Crippen LogP contribution in [0.1, 0.15) is 50.0 Å². The smallest absolute Gasteiger partial charge is 0.233 e. The molecule has 7 heteroatoms. The van der Waals surface area contributed by atoms with Gasteiger partial charge >= 0.3 is 0 Å². The van der Waals surface area contributed by atoms with Gasteiger partial charge in [0, 0.05) is 24.5 Å². The van der Waals surface area contributed by atoms with E-state index >= 15 is 0 Å². The minimum atomic E-state index is 0.215. The van der Waals surface area contributed by atoms with Gasteiger partial charge in [-0.3, -0.25) is 4.79 Å². The summed E-state index contributed by atoms with van der Waals surface area (Å²) in [5.74, 6) is 2.40. The molecule has 4 rings (SSSR count). The lowest BCUT2D eigenvalue weighted by atomic mass is 9.87. The van der Waals surface area contributed by atoms with Gasteiger partial charge in [-0.15, -0.1) is 21.5 Å². The van der Waals surface area contributed by atoms with E-state index in [9.17, 15) is 4.79 Å². The second-order valence-corrected chi connectivity index (χ2v) is 9.72. The number of nitrogens with zero attached hydrogens (tertiary/aromatic N) is 4. The molecule has 0 aliphatic heterocycles. The summed E-state index contributed by atoms with van der Waals surface area (Å²) in [5, 5.41) is 9.62. The van der Waals surface area contributed by atoms with Gasteiger partial charge < -0.3 is 9.47 Å². The van der Waals surface area contributed by atoms with Gasteiger partial charge in [0.25, 0.3) is 0 Å². The van der Waals surface area contributed by atoms with Gasteiger partial charge in [-0.1, -0.05) is 25.1 Å². The van der Waals surface area contributed by atoms with Crippen LogP contribution in [-0.2, 0) is 24.7 Å². The molecule has 1 fully saturated rings. The number of amides is 1. The van der Waals surface area contributed by atoms with Crippen molar-refractivity contribution in [3.05, 3.63) is 16.5 Å². The van der Waals surface area contributed by atoms with E-state index in [1.165, 1.54) is 52.8 Å². The van der Waals surface area contributed by atoms with E-state index in [2.05, 4.69) is 30.1 Å². The fourth-order valence-electron chi connectivity index (χ4n) is 3.95. The molecule has 2 aliphatic carbocycles. The average molecular weight is 405 g/mol. The maximum absolute atomic E-state index is 12.5. The van der Waals surface area contributed by atoms with Crippen LogP contribution in [0, 0.1) is 5.92 Å².